The Morgan fingerprint density at radius 2 is 2.05 bits per heavy atom. The summed E-state index contributed by atoms with van der Waals surface area (Å²) in [4.78, 5) is 10.8. The molecule has 0 aliphatic carbocycles. The van der Waals surface area contributed by atoms with Crippen molar-refractivity contribution in [3.63, 3.8) is 0 Å². The summed E-state index contributed by atoms with van der Waals surface area (Å²) in [7, 11) is 1.97. The minimum absolute atomic E-state index is 0.473. The van der Waals surface area contributed by atoms with Gasteiger partial charge in [0, 0.05) is 25.1 Å². The van der Waals surface area contributed by atoms with Crippen LogP contribution >= 0.6 is 0 Å². The number of fused-ring (bicyclic) bond motifs is 1. The van der Waals surface area contributed by atoms with Crippen molar-refractivity contribution in [2.24, 2.45) is 0 Å². The molecular weight excluding hydrogens is 238 g/mol. The van der Waals surface area contributed by atoms with E-state index in [1.807, 2.05) is 34.7 Å². The fourth-order valence-electron chi connectivity index (χ4n) is 2.21. The van der Waals surface area contributed by atoms with Gasteiger partial charge in [0.1, 0.15) is 5.82 Å². The minimum Gasteiger partial charge on any atom is -0.382 e. The number of aromatic nitrogens is 3. The standard InChI is InChI=1S/C14H15N5/c1-10-5-3-4-6-11(10)18(2)14-13-16-7-8-19(13)9-12(15)17-14/h3-9H,15H2,1-2H3. The molecule has 0 aliphatic heterocycles. The largest absolute Gasteiger partial charge is 0.382 e. The molecule has 0 aliphatic rings. The Hall–Kier alpha value is -2.56. The van der Waals surface area contributed by atoms with Crippen LogP contribution in [0.1, 0.15) is 5.56 Å². The van der Waals surface area contributed by atoms with E-state index in [0.717, 1.165) is 17.2 Å². The number of nitrogens with two attached hydrogens (primary N) is 1. The lowest BCUT2D eigenvalue weighted by Crippen LogP contribution is -2.15. The van der Waals surface area contributed by atoms with Crippen LogP contribution in [-0.2, 0) is 0 Å². The van der Waals surface area contributed by atoms with Crippen LogP contribution in [0.25, 0.3) is 5.65 Å². The first-order valence-corrected chi connectivity index (χ1v) is 6.05. The average Bonchev–Trinajstić information content (AvgIpc) is 2.85. The van der Waals surface area contributed by atoms with E-state index < -0.39 is 0 Å². The van der Waals surface area contributed by atoms with Crippen molar-refractivity contribution in [2.75, 3.05) is 17.7 Å². The highest BCUT2D eigenvalue weighted by molar-refractivity contribution is 5.74. The average molecular weight is 253 g/mol. The lowest BCUT2D eigenvalue weighted by atomic mass is 10.2. The molecule has 3 aromatic rings. The molecule has 2 N–H and O–H groups in total. The van der Waals surface area contributed by atoms with Crippen molar-refractivity contribution >= 4 is 23.0 Å². The molecule has 3 rings (SSSR count). The predicted molar refractivity (Wildman–Crippen MR) is 76.6 cm³/mol. The van der Waals surface area contributed by atoms with Crippen molar-refractivity contribution in [3.8, 4) is 0 Å². The van der Waals surface area contributed by atoms with E-state index in [2.05, 4.69) is 29.0 Å². The summed E-state index contributed by atoms with van der Waals surface area (Å²) in [5, 5.41) is 0. The van der Waals surface area contributed by atoms with Crippen LogP contribution in [0.5, 0.6) is 0 Å². The summed E-state index contributed by atoms with van der Waals surface area (Å²) < 4.78 is 1.88. The molecule has 0 unspecified atom stereocenters. The summed E-state index contributed by atoms with van der Waals surface area (Å²) in [6, 6.07) is 8.15. The Morgan fingerprint density at radius 1 is 1.26 bits per heavy atom. The lowest BCUT2D eigenvalue weighted by molar-refractivity contribution is 1.07. The number of nitrogen functional groups attached to an aromatic ring is 1. The number of para-hydroxylation sites is 1. The van der Waals surface area contributed by atoms with Gasteiger partial charge >= 0.3 is 0 Å². The van der Waals surface area contributed by atoms with Crippen molar-refractivity contribution in [3.05, 3.63) is 48.4 Å². The van der Waals surface area contributed by atoms with E-state index in [9.17, 15) is 0 Å². The van der Waals surface area contributed by atoms with Gasteiger partial charge in [-0.2, -0.15) is 0 Å². The maximum absolute atomic E-state index is 5.85. The van der Waals surface area contributed by atoms with Crippen LogP contribution in [0, 0.1) is 6.92 Å². The van der Waals surface area contributed by atoms with Crippen molar-refractivity contribution < 1.29 is 0 Å². The Kier molecular flexibility index (Phi) is 2.59. The second-order valence-electron chi connectivity index (χ2n) is 4.49. The van der Waals surface area contributed by atoms with E-state index >= 15 is 0 Å². The molecule has 1 aromatic carbocycles. The molecule has 2 aromatic heterocycles. The summed E-state index contributed by atoms with van der Waals surface area (Å²) in [6.45, 7) is 2.07. The van der Waals surface area contributed by atoms with E-state index in [0.29, 0.717) is 5.82 Å². The zero-order chi connectivity index (χ0) is 13.4. The van der Waals surface area contributed by atoms with E-state index in [1.54, 1.807) is 12.4 Å². The van der Waals surface area contributed by atoms with Gasteiger partial charge in [-0.05, 0) is 18.6 Å². The third-order valence-corrected chi connectivity index (χ3v) is 3.17. The van der Waals surface area contributed by atoms with Gasteiger partial charge < -0.3 is 15.0 Å². The quantitative estimate of drug-likeness (QED) is 0.761. The smallest absolute Gasteiger partial charge is 0.180 e. The second-order valence-corrected chi connectivity index (χ2v) is 4.49. The number of anilines is 3. The maximum Gasteiger partial charge on any atom is 0.180 e. The molecular formula is C14H15N5. The van der Waals surface area contributed by atoms with E-state index in [-0.39, 0.29) is 0 Å². The zero-order valence-electron chi connectivity index (χ0n) is 10.9. The van der Waals surface area contributed by atoms with Gasteiger partial charge in [-0.1, -0.05) is 18.2 Å². The van der Waals surface area contributed by atoms with Gasteiger partial charge in [0.25, 0.3) is 0 Å². The molecule has 0 atom stereocenters. The first kappa shape index (κ1) is 11.5. The monoisotopic (exact) mass is 253 g/mol. The topological polar surface area (TPSA) is 59.5 Å². The summed E-state index contributed by atoms with van der Waals surface area (Å²) in [5.74, 6) is 1.22. The van der Waals surface area contributed by atoms with Gasteiger partial charge in [0.15, 0.2) is 11.5 Å². The van der Waals surface area contributed by atoms with Crippen LogP contribution in [-0.4, -0.2) is 21.4 Å². The molecule has 0 bridgehead atoms. The van der Waals surface area contributed by atoms with Crippen molar-refractivity contribution in [1.29, 1.82) is 0 Å². The molecule has 0 amide bonds. The van der Waals surface area contributed by atoms with Crippen LogP contribution < -0.4 is 10.6 Å². The molecule has 0 saturated carbocycles. The van der Waals surface area contributed by atoms with E-state index in [1.165, 1.54) is 5.56 Å². The molecule has 2 heterocycles. The third-order valence-electron chi connectivity index (χ3n) is 3.17. The molecule has 19 heavy (non-hydrogen) atoms. The highest BCUT2D eigenvalue weighted by Crippen LogP contribution is 2.28. The van der Waals surface area contributed by atoms with Crippen molar-refractivity contribution in [2.45, 2.75) is 6.92 Å². The minimum atomic E-state index is 0.473. The maximum atomic E-state index is 5.85. The number of hydrogen-bond donors (Lipinski definition) is 1. The fourth-order valence-corrected chi connectivity index (χ4v) is 2.21. The summed E-state index contributed by atoms with van der Waals surface area (Å²) in [5.41, 5.74) is 8.91. The molecule has 0 fully saturated rings. The van der Waals surface area contributed by atoms with Gasteiger partial charge in [-0.3, -0.25) is 0 Å². The third kappa shape index (κ3) is 1.89. The van der Waals surface area contributed by atoms with Gasteiger partial charge in [0.2, 0.25) is 0 Å². The zero-order valence-corrected chi connectivity index (χ0v) is 10.9. The molecule has 5 nitrogen and oxygen atoms in total. The van der Waals surface area contributed by atoms with Gasteiger partial charge in [-0.15, -0.1) is 0 Å². The second kappa shape index (κ2) is 4.28. The molecule has 96 valence electrons. The first-order chi connectivity index (χ1) is 9.16. The molecule has 0 radical (unpaired) electrons. The molecule has 0 saturated heterocycles. The van der Waals surface area contributed by atoms with Crippen LogP contribution in [0.3, 0.4) is 0 Å². The normalized spacial score (nSPS) is 10.8. The number of rotatable bonds is 2. The summed E-state index contributed by atoms with van der Waals surface area (Å²) in [6.07, 6.45) is 5.37. The number of benzene rings is 1. The van der Waals surface area contributed by atoms with Crippen LogP contribution in [0.4, 0.5) is 17.3 Å². The van der Waals surface area contributed by atoms with Gasteiger partial charge in [0.05, 0.1) is 6.20 Å². The predicted octanol–water partition coefficient (Wildman–Crippen LogP) is 2.39. The van der Waals surface area contributed by atoms with Crippen molar-refractivity contribution in [1.82, 2.24) is 14.4 Å². The highest BCUT2D eigenvalue weighted by Gasteiger charge is 2.13. The lowest BCUT2D eigenvalue weighted by Gasteiger charge is -2.21. The SMILES string of the molecule is Cc1ccccc1N(C)c1nc(N)cn2ccnc12. The number of imidazole rings is 1. The first-order valence-electron chi connectivity index (χ1n) is 6.05. The van der Waals surface area contributed by atoms with Gasteiger partial charge in [-0.25, -0.2) is 9.97 Å². The summed E-state index contributed by atoms with van der Waals surface area (Å²) >= 11 is 0. The Balaban J connectivity index is 2.19. The highest BCUT2D eigenvalue weighted by atomic mass is 15.2. The van der Waals surface area contributed by atoms with Crippen LogP contribution in [0.15, 0.2) is 42.9 Å². The van der Waals surface area contributed by atoms with E-state index in [4.69, 9.17) is 5.73 Å². The van der Waals surface area contributed by atoms with Crippen LogP contribution in [0.2, 0.25) is 0 Å². The molecule has 0 spiro atoms. The Labute approximate surface area is 111 Å². The Bertz CT molecular complexity index is 732. The number of nitrogens with zero attached hydrogens (tertiary/aromatic N) is 4. The number of aryl methyl sites for hydroxylation is 1. The number of hydrogen-bond acceptors (Lipinski definition) is 4. The fraction of sp³-hybridized carbons (Fsp3) is 0.143. The molecule has 5 heteroatoms. The Morgan fingerprint density at radius 3 is 2.84 bits per heavy atom.